The van der Waals surface area contributed by atoms with Gasteiger partial charge in [-0.25, -0.2) is 0 Å². The molecule has 0 saturated heterocycles. The van der Waals surface area contributed by atoms with E-state index in [9.17, 15) is 20.0 Å². The van der Waals surface area contributed by atoms with Crippen molar-refractivity contribution in [1.82, 2.24) is 0 Å². The zero-order valence-electron chi connectivity index (χ0n) is 12.8. The van der Waals surface area contributed by atoms with Gasteiger partial charge < -0.3 is 9.84 Å². The van der Waals surface area contributed by atoms with Crippen LogP contribution in [0.2, 0.25) is 5.02 Å². The number of allylic oxidation sites excluding steroid dienone is 1. The summed E-state index contributed by atoms with van der Waals surface area (Å²) in [6, 6.07) is 5.49. The van der Waals surface area contributed by atoms with Crippen LogP contribution < -0.4 is 4.74 Å². The summed E-state index contributed by atoms with van der Waals surface area (Å²) in [6.45, 7) is 3.57. The van der Waals surface area contributed by atoms with E-state index in [1.165, 1.54) is 24.3 Å². The van der Waals surface area contributed by atoms with Crippen molar-refractivity contribution in [2.75, 3.05) is 0 Å². The van der Waals surface area contributed by atoms with Gasteiger partial charge in [-0.3, -0.25) is 14.9 Å². The number of phenols is 1. The maximum atomic E-state index is 12.5. The molecule has 7 heteroatoms. The van der Waals surface area contributed by atoms with Crippen LogP contribution in [0.25, 0.3) is 6.08 Å². The van der Waals surface area contributed by atoms with Gasteiger partial charge in [-0.2, -0.15) is 0 Å². The molecule has 0 amide bonds. The van der Waals surface area contributed by atoms with Crippen LogP contribution in [0.4, 0.5) is 5.69 Å². The first-order chi connectivity index (χ1) is 11.3. The average Bonchev–Trinajstić information content (AvgIpc) is 2.80. The number of carbonyl (C=O) groups excluding carboxylic acids is 1. The van der Waals surface area contributed by atoms with Crippen molar-refractivity contribution in [2.45, 2.75) is 13.8 Å². The molecule has 122 valence electrons. The van der Waals surface area contributed by atoms with Gasteiger partial charge in [-0.1, -0.05) is 11.6 Å². The number of benzene rings is 2. The zero-order chi connectivity index (χ0) is 17.6. The Labute approximate surface area is 142 Å². The summed E-state index contributed by atoms with van der Waals surface area (Å²) in [6.07, 6.45) is 1.43. The average molecular weight is 346 g/mol. The standard InChI is InChI=1S/C17H12ClNO5/c1-8-5-13-15(9(2)16(8)18)17(21)14(24-13)7-10-3-4-11(19(22)23)12(20)6-10/h3-7,20H,1-2H3/b14-7-. The first-order valence-electron chi connectivity index (χ1n) is 7.01. The minimum absolute atomic E-state index is 0.0722. The topological polar surface area (TPSA) is 89.7 Å². The first-order valence-corrected chi connectivity index (χ1v) is 7.38. The third kappa shape index (κ3) is 2.51. The van der Waals surface area contributed by atoms with Crippen LogP contribution >= 0.6 is 11.6 Å². The van der Waals surface area contributed by atoms with E-state index >= 15 is 0 Å². The molecule has 0 fully saturated rings. The summed E-state index contributed by atoms with van der Waals surface area (Å²) in [7, 11) is 0. The second kappa shape index (κ2) is 5.65. The molecule has 0 unspecified atom stereocenters. The molecular weight excluding hydrogens is 334 g/mol. The Bertz CT molecular complexity index is 933. The third-order valence-electron chi connectivity index (χ3n) is 3.81. The molecule has 2 aromatic rings. The number of halogens is 1. The van der Waals surface area contributed by atoms with Crippen molar-refractivity contribution >= 4 is 29.1 Å². The predicted octanol–water partition coefficient (Wildman–Crippen LogP) is 4.19. The number of aromatic hydroxyl groups is 1. The normalized spacial score (nSPS) is 14.6. The van der Waals surface area contributed by atoms with Gasteiger partial charge in [0.1, 0.15) is 5.75 Å². The SMILES string of the molecule is Cc1cc2c(c(C)c1Cl)C(=O)/C(=C/c1ccc([N+](=O)[O-])c(O)c1)O2. The fraction of sp³-hybridized carbons (Fsp3) is 0.118. The molecule has 0 spiro atoms. The lowest BCUT2D eigenvalue weighted by molar-refractivity contribution is -0.385. The van der Waals surface area contributed by atoms with Gasteiger partial charge >= 0.3 is 5.69 Å². The highest BCUT2D eigenvalue weighted by Gasteiger charge is 2.31. The Kier molecular flexibility index (Phi) is 3.77. The zero-order valence-corrected chi connectivity index (χ0v) is 13.5. The third-order valence-corrected chi connectivity index (χ3v) is 4.39. The summed E-state index contributed by atoms with van der Waals surface area (Å²) < 4.78 is 5.59. The van der Waals surface area contributed by atoms with Crippen LogP contribution in [0.15, 0.2) is 30.0 Å². The van der Waals surface area contributed by atoms with Crippen LogP contribution in [-0.2, 0) is 0 Å². The van der Waals surface area contributed by atoms with Crippen molar-refractivity contribution < 1.29 is 19.6 Å². The number of nitro groups is 1. The fourth-order valence-electron chi connectivity index (χ4n) is 2.60. The quantitative estimate of drug-likeness (QED) is 0.501. The van der Waals surface area contributed by atoms with Gasteiger partial charge in [0.05, 0.1) is 10.5 Å². The number of Topliss-reactive ketones (excluding diaryl/α,β-unsaturated/α-hetero) is 1. The second-order valence-electron chi connectivity index (χ2n) is 5.45. The van der Waals surface area contributed by atoms with Crippen molar-refractivity contribution in [3.8, 4) is 11.5 Å². The molecule has 0 aromatic heterocycles. The van der Waals surface area contributed by atoms with E-state index in [0.717, 1.165) is 5.56 Å². The van der Waals surface area contributed by atoms with Crippen LogP contribution in [-0.4, -0.2) is 15.8 Å². The molecule has 0 radical (unpaired) electrons. The first kappa shape index (κ1) is 16.0. The van der Waals surface area contributed by atoms with E-state index in [0.29, 0.717) is 27.5 Å². The summed E-state index contributed by atoms with van der Waals surface area (Å²) in [5, 5.41) is 20.9. The van der Waals surface area contributed by atoms with E-state index < -0.39 is 16.4 Å². The highest BCUT2D eigenvalue weighted by atomic mass is 35.5. The number of ether oxygens (including phenoxy) is 1. The van der Waals surface area contributed by atoms with Gasteiger partial charge in [0.25, 0.3) is 0 Å². The number of hydrogen-bond donors (Lipinski definition) is 1. The van der Waals surface area contributed by atoms with Crippen molar-refractivity contribution in [3.05, 3.63) is 67.4 Å². The number of nitrogens with zero attached hydrogens (tertiary/aromatic N) is 1. The Balaban J connectivity index is 2.02. The maximum absolute atomic E-state index is 12.5. The van der Waals surface area contributed by atoms with Crippen LogP contribution in [0, 0.1) is 24.0 Å². The lowest BCUT2D eigenvalue weighted by Crippen LogP contribution is -2.00. The van der Waals surface area contributed by atoms with Gasteiger partial charge in [0.15, 0.2) is 11.5 Å². The smallest absolute Gasteiger partial charge is 0.310 e. The van der Waals surface area contributed by atoms with Crippen molar-refractivity contribution in [2.24, 2.45) is 0 Å². The van der Waals surface area contributed by atoms with Crippen molar-refractivity contribution in [3.63, 3.8) is 0 Å². The number of nitro benzene ring substituents is 1. The van der Waals surface area contributed by atoms with Crippen molar-refractivity contribution in [1.29, 1.82) is 0 Å². The number of ketones is 1. The Morgan fingerprint density at radius 2 is 2.00 bits per heavy atom. The molecule has 0 atom stereocenters. The fourth-order valence-corrected chi connectivity index (χ4v) is 2.75. The molecular formula is C17H12ClNO5. The lowest BCUT2D eigenvalue weighted by Gasteiger charge is -2.05. The van der Waals surface area contributed by atoms with E-state index in [-0.39, 0.29) is 11.5 Å². The number of hydrogen-bond acceptors (Lipinski definition) is 5. The van der Waals surface area contributed by atoms with Crippen LogP contribution in [0.3, 0.4) is 0 Å². The Morgan fingerprint density at radius 3 is 2.62 bits per heavy atom. The van der Waals surface area contributed by atoms with Gasteiger partial charge in [0.2, 0.25) is 5.78 Å². The maximum Gasteiger partial charge on any atom is 0.310 e. The second-order valence-corrected chi connectivity index (χ2v) is 5.83. The molecule has 3 rings (SSSR count). The molecule has 1 N–H and O–H groups in total. The molecule has 1 heterocycles. The molecule has 0 bridgehead atoms. The molecule has 1 aliphatic rings. The molecule has 2 aromatic carbocycles. The van der Waals surface area contributed by atoms with E-state index in [1.54, 1.807) is 13.0 Å². The van der Waals surface area contributed by atoms with Crippen LogP contribution in [0.1, 0.15) is 27.0 Å². The minimum Gasteiger partial charge on any atom is -0.502 e. The number of fused-ring (bicyclic) bond motifs is 1. The number of aryl methyl sites for hydroxylation is 1. The molecule has 0 aliphatic carbocycles. The van der Waals surface area contributed by atoms with Gasteiger partial charge in [0, 0.05) is 11.1 Å². The van der Waals surface area contributed by atoms with E-state index in [4.69, 9.17) is 16.3 Å². The number of carbonyl (C=O) groups is 1. The summed E-state index contributed by atoms with van der Waals surface area (Å²) >= 11 is 6.18. The number of rotatable bonds is 2. The molecule has 24 heavy (non-hydrogen) atoms. The Morgan fingerprint density at radius 1 is 1.29 bits per heavy atom. The van der Waals surface area contributed by atoms with E-state index in [2.05, 4.69) is 0 Å². The van der Waals surface area contributed by atoms with Crippen LogP contribution in [0.5, 0.6) is 11.5 Å². The van der Waals surface area contributed by atoms with E-state index in [1.807, 2.05) is 6.92 Å². The number of phenolic OH excluding ortho intramolecular Hbond substituents is 1. The summed E-state index contributed by atoms with van der Waals surface area (Å²) in [4.78, 5) is 22.6. The monoisotopic (exact) mass is 345 g/mol. The predicted molar refractivity (Wildman–Crippen MR) is 88.6 cm³/mol. The highest BCUT2D eigenvalue weighted by molar-refractivity contribution is 6.33. The largest absolute Gasteiger partial charge is 0.502 e. The molecule has 0 saturated carbocycles. The lowest BCUT2D eigenvalue weighted by atomic mass is 10.0. The minimum atomic E-state index is -0.687. The molecule has 6 nitrogen and oxygen atoms in total. The highest BCUT2D eigenvalue weighted by Crippen LogP contribution is 2.39. The molecule has 1 aliphatic heterocycles. The Hall–Kier alpha value is -2.86. The summed E-state index contributed by atoms with van der Waals surface area (Å²) in [5.41, 5.74) is 1.86. The summed E-state index contributed by atoms with van der Waals surface area (Å²) in [5.74, 6) is -0.297. The van der Waals surface area contributed by atoms with Gasteiger partial charge in [-0.05, 0) is 54.8 Å². The van der Waals surface area contributed by atoms with Gasteiger partial charge in [-0.15, -0.1) is 0 Å².